The Labute approximate surface area is 101 Å². The molecule has 2 rings (SSSR count). The average molecular weight is 241 g/mol. The van der Waals surface area contributed by atoms with Crippen molar-refractivity contribution in [2.75, 3.05) is 12.4 Å². The first-order valence-corrected chi connectivity index (χ1v) is 6.06. The number of aromatic nitrogens is 1. The van der Waals surface area contributed by atoms with Gasteiger partial charge >= 0.3 is 0 Å². The van der Waals surface area contributed by atoms with Gasteiger partial charge in [-0.2, -0.15) is 0 Å². The van der Waals surface area contributed by atoms with Crippen LogP contribution in [0.5, 0.6) is 0 Å². The van der Waals surface area contributed by atoms with Gasteiger partial charge in [0, 0.05) is 13.2 Å². The van der Waals surface area contributed by atoms with Gasteiger partial charge in [-0.1, -0.05) is 11.6 Å². The molecule has 1 heterocycles. The molecule has 16 heavy (non-hydrogen) atoms. The minimum absolute atomic E-state index is 0.395. The molecule has 1 N–H and O–H groups in total. The van der Waals surface area contributed by atoms with Crippen molar-refractivity contribution in [3.05, 3.63) is 23.5 Å². The molecule has 1 fully saturated rings. The lowest BCUT2D eigenvalue weighted by molar-refractivity contribution is 0.0669. The Morgan fingerprint density at radius 2 is 2.31 bits per heavy atom. The zero-order valence-corrected chi connectivity index (χ0v) is 10.2. The summed E-state index contributed by atoms with van der Waals surface area (Å²) in [7, 11) is 1.79. The number of anilines is 1. The van der Waals surface area contributed by atoms with Gasteiger partial charge in [0.1, 0.15) is 5.15 Å². The van der Waals surface area contributed by atoms with Gasteiger partial charge in [0.05, 0.1) is 18.0 Å². The second-order valence-corrected chi connectivity index (χ2v) is 4.62. The molecule has 0 aromatic carbocycles. The molecule has 2 unspecified atom stereocenters. The number of methoxy groups -OCH3 is 1. The number of rotatable bonds is 3. The van der Waals surface area contributed by atoms with Crippen LogP contribution in [0, 0.1) is 0 Å². The lowest BCUT2D eigenvalue weighted by Crippen LogP contribution is -2.31. The molecular formula is C12H17ClN2O. The second-order valence-electron chi connectivity index (χ2n) is 4.24. The third kappa shape index (κ3) is 3.09. The van der Waals surface area contributed by atoms with Crippen molar-refractivity contribution in [1.29, 1.82) is 0 Å². The van der Waals surface area contributed by atoms with Crippen molar-refractivity contribution in [2.24, 2.45) is 0 Å². The highest BCUT2D eigenvalue weighted by Crippen LogP contribution is 2.23. The van der Waals surface area contributed by atoms with E-state index in [1.54, 1.807) is 19.4 Å². The van der Waals surface area contributed by atoms with Gasteiger partial charge in [-0.25, -0.2) is 4.98 Å². The Hall–Kier alpha value is -0.800. The number of halogens is 1. The molecule has 4 heteroatoms. The third-order valence-electron chi connectivity index (χ3n) is 3.06. The monoisotopic (exact) mass is 240 g/mol. The van der Waals surface area contributed by atoms with Gasteiger partial charge in [0.15, 0.2) is 0 Å². The van der Waals surface area contributed by atoms with Crippen molar-refractivity contribution in [2.45, 2.75) is 37.8 Å². The highest BCUT2D eigenvalue weighted by atomic mass is 35.5. The SMILES string of the molecule is COC1CCCC(Nc2ccc(Cl)nc2)C1. The van der Waals surface area contributed by atoms with Crippen LogP contribution in [0.25, 0.3) is 0 Å². The van der Waals surface area contributed by atoms with Gasteiger partial charge in [0.2, 0.25) is 0 Å². The summed E-state index contributed by atoms with van der Waals surface area (Å²) in [6.45, 7) is 0. The summed E-state index contributed by atoms with van der Waals surface area (Å²) in [6.07, 6.45) is 6.83. The fourth-order valence-electron chi connectivity index (χ4n) is 2.19. The van der Waals surface area contributed by atoms with E-state index in [9.17, 15) is 0 Å². The predicted octanol–water partition coefficient (Wildman–Crippen LogP) is 3.10. The van der Waals surface area contributed by atoms with Crippen LogP contribution in [0.4, 0.5) is 5.69 Å². The summed E-state index contributed by atoms with van der Waals surface area (Å²) in [5, 5.41) is 4.00. The summed E-state index contributed by atoms with van der Waals surface area (Å²) in [6, 6.07) is 4.26. The Morgan fingerprint density at radius 1 is 1.44 bits per heavy atom. The molecule has 0 bridgehead atoms. The number of pyridine rings is 1. The Bertz CT molecular complexity index is 328. The fourth-order valence-corrected chi connectivity index (χ4v) is 2.30. The summed E-state index contributed by atoms with van der Waals surface area (Å²) < 4.78 is 5.40. The molecule has 0 amide bonds. The van der Waals surface area contributed by atoms with Crippen LogP contribution >= 0.6 is 11.6 Å². The Kier molecular flexibility index (Phi) is 4.02. The number of hydrogen-bond donors (Lipinski definition) is 1. The minimum atomic E-state index is 0.395. The molecule has 1 saturated carbocycles. The summed E-state index contributed by atoms with van der Waals surface area (Å²) in [5.74, 6) is 0. The molecule has 1 aromatic rings. The van der Waals surface area contributed by atoms with Gasteiger partial charge in [-0.15, -0.1) is 0 Å². The Morgan fingerprint density at radius 3 is 3.00 bits per heavy atom. The Balaban J connectivity index is 1.91. The van der Waals surface area contributed by atoms with E-state index < -0.39 is 0 Å². The van der Waals surface area contributed by atoms with E-state index >= 15 is 0 Å². The number of ether oxygens (including phenoxy) is 1. The predicted molar refractivity (Wildman–Crippen MR) is 65.9 cm³/mol. The van der Waals surface area contributed by atoms with Crippen LogP contribution < -0.4 is 5.32 Å². The van der Waals surface area contributed by atoms with Gasteiger partial charge < -0.3 is 10.1 Å². The standard InChI is InChI=1S/C12H17ClN2O/c1-16-11-4-2-3-9(7-11)15-10-5-6-12(13)14-8-10/h5-6,8-9,11,15H,2-4,7H2,1H3. The summed E-state index contributed by atoms with van der Waals surface area (Å²) in [4.78, 5) is 4.06. The van der Waals surface area contributed by atoms with E-state index in [1.165, 1.54) is 19.3 Å². The smallest absolute Gasteiger partial charge is 0.129 e. The van der Waals surface area contributed by atoms with Crippen molar-refractivity contribution in [3.8, 4) is 0 Å². The van der Waals surface area contributed by atoms with E-state index in [4.69, 9.17) is 16.3 Å². The lowest BCUT2D eigenvalue weighted by Gasteiger charge is -2.29. The van der Waals surface area contributed by atoms with Crippen LogP contribution in [0.3, 0.4) is 0 Å². The third-order valence-corrected chi connectivity index (χ3v) is 3.28. The molecular weight excluding hydrogens is 224 g/mol. The molecule has 1 aliphatic carbocycles. The van der Waals surface area contributed by atoms with Gasteiger partial charge in [0.25, 0.3) is 0 Å². The van der Waals surface area contributed by atoms with E-state index in [1.807, 2.05) is 6.07 Å². The van der Waals surface area contributed by atoms with Crippen LogP contribution in [0.15, 0.2) is 18.3 Å². The highest BCUT2D eigenvalue weighted by molar-refractivity contribution is 6.29. The lowest BCUT2D eigenvalue weighted by atomic mass is 9.93. The minimum Gasteiger partial charge on any atom is -0.381 e. The zero-order chi connectivity index (χ0) is 11.4. The number of hydrogen-bond acceptors (Lipinski definition) is 3. The van der Waals surface area contributed by atoms with Crippen molar-refractivity contribution in [3.63, 3.8) is 0 Å². The maximum atomic E-state index is 5.74. The topological polar surface area (TPSA) is 34.1 Å². The van der Waals surface area contributed by atoms with Crippen molar-refractivity contribution in [1.82, 2.24) is 4.98 Å². The molecule has 2 atom stereocenters. The maximum absolute atomic E-state index is 5.74. The van der Waals surface area contributed by atoms with E-state index in [0.717, 1.165) is 12.1 Å². The molecule has 1 aliphatic rings. The van der Waals surface area contributed by atoms with Crippen LogP contribution in [-0.2, 0) is 4.74 Å². The molecule has 0 aliphatic heterocycles. The first-order valence-electron chi connectivity index (χ1n) is 5.69. The number of nitrogens with one attached hydrogen (secondary N) is 1. The molecule has 88 valence electrons. The maximum Gasteiger partial charge on any atom is 0.129 e. The molecule has 1 aromatic heterocycles. The van der Waals surface area contributed by atoms with E-state index in [-0.39, 0.29) is 0 Å². The fraction of sp³-hybridized carbons (Fsp3) is 0.583. The van der Waals surface area contributed by atoms with E-state index in [0.29, 0.717) is 17.3 Å². The first-order chi connectivity index (χ1) is 7.78. The van der Waals surface area contributed by atoms with Crippen LogP contribution in [0.1, 0.15) is 25.7 Å². The highest BCUT2D eigenvalue weighted by Gasteiger charge is 2.21. The summed E-state index contributed by atoms with van der Waals surface area (Å²) in [5.41, 5.74) is 1.03. The zero-order valence-electron chi connectivity index (χ0n) is 9.45. The van der Waals surface area contributed by atoms with Gasteiger partial charge in [-0.05, 0) is 37.8 Å². The van der Waals surface area contributed by atoms with Crippen LogP contribution in [-0.4, -0.2) is 24.2 Å². The molecule has 0 radical (unpaired) electrons. The molecule has 0 saturated heterocycles. The molecule has 3 nitrogen and oxygen atoms in total. The largest absolute Gasteiger partial charge is 0.381 e. The van der Waals surface area contributed by atoms with Crippen molar-refractivity contribution < 1.29 is 4.74 Å². The van der Waals surface area contributed by atoms with Crippen LogP contribution in [0.2, 0.25) is 5.15 Å². The summed E-state index contributed by atoms with van der Waals surface area (Å²) >= 11 is 5.74. The first kappa shape index (κ1) is 11.7. The average Bonchev–Trinajstić information content (AvgIpc) is 2.32. The van der Waals surface area contributed by atoms with E-state index in [2.05, 4.69) is 10.3 Å². The normalized spacial score (nSPS) is 25.4. The second kappa shape index (κ2) is 5.51. The number of nitrogens with zero attached hydrogens (tertiary/aromatic N) is 1. The van der Waals surface area contributed by atoms with Gasteiger partial charge in [-0.3, -0.25) is 0 Å². The van der Waals surface area contributed by atoms with Crippen molar-refractivity contribution >= 4 is 17.3 Å². The quantitative estimate of drug-likeness (QED) is 0.825. The molecule has 0 spiro atoms.